The summed E-state index contributed by atoms with van der Waals surface area (Å²) in [5.74, 6) is 0. The molecule has 3 heteroatoms. The van der Waals surface area contributed by atoms with Gasteiger partial charge in [-0.15, -0.1) is 0 Å². The van der Waals surface area contributed by atoms with Gasteiger partial charge in [-0.25, -0.2) is 0 Å². The number of aliphatic hydroxyl groups is 1. The monoisotopic (exact) mass is 348 g/mol. The first-order valence-corrected chi connectivity index (χ1v) is 10.1. The standard InChI is InChI=1S/C23H28N2O/c26-22-10-13-25(20-8-2-1-3-9-20)23(22)11-14-24(15-12-23)21-16-18-6-4-5-7-19(18)17-21/h1-9,21-22,26H,10-17H2. The maximum atomic E-state index is 10.9. The average molecular weight is 348 g/mol. The fraction of sp³-hybridized carbons (Fsp3) is 0.478. The van der Waals surface area contributed by atoms with Crippen LogP contribution in [0, 0.1) is 0 Å². The summed E-state index contributed by atoms with van der Waals surface area (Å²) in [6.07, 6.45) is 5.20. The highest BCUT2D eigenvalue weighted by molar-refractivity contribution is 5.51. The van der Waals surface area contributed by atoms with Gasteiger partial charge in [0.1, 0.15) is 0 Å². The van der Waals surface area contributed by atoms with Gasteiger partial charge >= 0.3 is 0 Å². The van der Waals surface area contributed by atoms with Crippen LogP contribution in [0.4, 0.5) is 5.69 Å². The highest BCUT2D eigenvalue weighted by Crippen LogP contribution is 2.42. The Balaban J connectivity index is 1.31. The molecular formula is C23H28N2O. The van der Waals surface area contributed by atoms with E-state index in [2.05, 4.69) is 64.4 Å². The quantitative estimate of drug-likeness (QED) is 0.902. The van der Waals surface area contributed by atoms with Crippen molar-refractivity contribution < 1.29 is 5.11 Å². The summed E-state index contributed by atoms with van der Waals surface area (Å²) >= 11 is 0. The molecule has 136 valence electrons. The second-order valence-electron chi connectivity index (χ2n) is 8.26. The SMILES string of the molecule is OC1CCN(c2ccccc2)C12CCN(C1Cc3ccccc3C1)CC2. The normalized spacial score (nSPS) is 25.7. The van der Waals surface area contributed by atoms with Gasteiger partial charge in [0.05, 0.1) is 11.6 Å². The van der Waals surface area contributed by atoms with Crippen LogP contribution in [-0.4, -0.2) is 47.3 Å². The molecule has 1 N–H and O–H groups in total. The van der Waals surface area contributed by atoms with Gasteiger partial charge in [-0.3, -0.25) is 4.90 Å². The molecule has 0 bridgehead atoms. The largest absolute Gasteiger partial charge is 0.391 e. The Hall–Kier alpha value is -1.84. The van der Waals surface area contributed by atoms with Crippen molar-refractivity contribution in [1.29, 1.82) is 0 Å². The van der Waals surface area contributed by atoms with Crippen LogP contribution in [0.2, 0.25) is 0 Å². The number of anilines is 1. The van der Waals surface area contributed by atoms with Crippen molar-refractivity contribution in [3.63, 3.8) is 0 Å². The minimum absolute atomic E-state index is 0.0662. The summed E-state index contributed by atoms with van der Waals surface area (Å²) in [7, 11) is 0. The lowest BCUT2D eigenvalue weighted by Crippen LogP contribution is -2.58. The Bertz CT molecular complexity index is 742. The second kappa shape index (κ2) is 6.40. The first-order chi connectivity index (χ1) is 12.8. The molecule has 3 aliphatic rings. The lowest BCUT2D eigenvalue weighted by atomic mass is 9.82. The predicted molar refractivity (Wildman–Crippen MR) is 106 cm³/mol. The van der Waals surface area contributed by atoms with Crippen LogP contribution < -0.4 is 4.90 Å². The Kier molecular flexibility index (Phi) is 4.02. The molecule has 2 aromatic rings. The summed E-state index contributed by atoms with van der Waals surface area (Å²) in [4.78, 5) is 5.18. The van der Waals surface area contributed by atoms with Crippen LogP contribution in [0.25, 0.3) is 0 Å². The lowest BCUT2D eigenvalue weighted by Gasteiger charge is -2.48. The number of fused-ring (bicyclic) bond motifs is 1. The Morgan fingerprint density at radius 3 is 2.08 bits per heavy atom. The molecule has 1 unspecified atom stereocenters. The van der Waals surface area contributed by atoms with Crippen LogP contribution >= 0.6 is 0 Å². The first kappa shape index (κ1) is 16.3. The van der Waals surface area contributed by atoms with Crippen molar-refractivity contribution in [3.05, 3.63) is 65.7 Å². The van der Waals surface area contributed by atoms with Gasteiger partial charge in [-0.05, 0) is 55.4 Å². The van der Waals surface area contributed by atoms with Gasteiger partial charge in [0.15, 0.2) is 0 Å². The molecule has 0 aromatic heterocycles. The van der Waals surface area contributed by atoms with Gasteiger partial charge in [-0.2, -0.15) is 0 Å². The molecule has 1 aliphatic carbocycles. The number of para-hydroxylation sites is 1. The summed E-state index contributed by atoms with van der Waals surface area (Å²) in [6.45, 7) is 3.16. The number of benzene rings is 2. The van der Waals surface area contributed by atoms with E-state index in [0.29, 0.717) is 6.04 Å². The molecule has 2 saturated heterocycles. The molecule has 0 saturated carbocycles. The van der Waals surface area contributed by atoms with Gasteiger partial charge < -0.3 is 10.0 Å². The molecule has 3 nitrogen and oxygen atoms in total. The number of piperidine rings is 1. The van der Waals surface area contributed by atoms with Gasteiger partial charge in [0.2, 0.25) is 0 Å². The maximum Gasteiger partial charge on any atom is 0.0789 e. The summed E-state index contributed by atoms with van der Waals surface area (Å²) in [5.41, 5.74) is 4.27. The van der Waals surface area contributed by atoms with E-state index in [-0.39, 0.29) is 11.6 Å². The third kappa shape index (κ3) is 2.57. The van der Waals surface area contributed by atoms with Crippen molar-refractivity contribution >= 4 is 5.69 Å². The predicted octanol–water partition coefficient (Wildman–Crippen LogP) is 3.26. The van der Waals surface area contributed by atoms with E-state index < -0.39 is 0 Å². The van der Waals surface area contributed by atoms with Crippen LogP contribution in [0.5, 0.6) is 0 Å². The Labute approximate surface area is 156 Å². The zero-order chi connectivity index (χ0) is 17.6. The number of nitrogens with zero attached hydrogens (tertiary/aromatic N) is 2. The maximum absolute atomic E-state index is 10.9. The van der Waals surface area contributed by atoms with Crippen molar-refractivity contribution in [1.82, 2.24) is 4.90 Å². The van der Waals surface area contributed by atoms with Gasteiger partial charge in [-0.1, -0.05) is 42.5 Å². The molecule has 26 heavy (non-hydrogen) atoms. The number of hydrogen-bond acceptors (Lipinski definition) is 3. The van der Waals surface area contributed by atoms with Gasteiger partial charge in [0.25, 0.3) is 0 Å². The molecule has 5 rings (SSSR count). The molecule has 2 aromatic carbocycles. The number of aliphatic hydroxyl groups excluding tert-OH is 1. The summed E-state index contributed by atoms with van der Waals surface area (Å²) in [5, 5.41) is 10.9. The molecule has 0 radical (unpaired) electrons. The molecule has 2 aliphatic heterocycles. The van der Waals surface area contributed by atoms with Crippen molar-refractivity contribution in [2.24, 2.45) is 0 Å². The fourth-order valence-electron chi connectivity index (χ4n) is 5.59. The number of likely N-dealkylation sites (tertiary alicyclic amines) is 1. The van der Waals surface area contributed by atoms with E-state index >= 15 is 0 Å². The minimum atomic E-state index is -0.203. The van der Waals surface area contributed by atoms with Crippen molar-refractivity contribution in [3.8, 4) is 0 Å². The second-order valence-corrected chi connectivity index (χ2v) is 8.26. The van der Waals surface area contributed by atoms with E-state index in [1.807, 2.05) is 0 Å². The lowest BCUT2D eigenvalue weighted by molar-refractivity contribution is 0.0428. The number of rotatable bonds is 2. The van der Waals surface area contributed by atoms with Crippen LogP contribution in [0.15, 0.2) is 54.6 Å². The summed E-state index contributed by atoms with van der Waals surface area (Å²) < 4.78 is 0. The zero-order valence-corrected chi connectivity index (χ0v) is 15.3. The summed E-state index contributed by atoms with van der Waals surface area (Å²) in [6, 6.07) is 20.2. The molecule has 2 fully saturated rings. The van der Waals surface area contributed by atoms with Crippen molar-refractivity contribution in [2.75, 3.05) is 24.5 Å². The molecule has 1 spiro atoms. The Morgan fingerprint density at radius 2 is 1.42 bits per heavy atom. The van der Waals surface area contributed by atoms with Crippen LogP contribution in [0.3, 0.4) is 0 Å². The minimum Gasteiger partial charge on any atom is -0.391 e. The smallest absolute Gasteiger partial charge is 0.0789 e. The first-order valence-electron chi connectivity index (χ1n) is 10.1. The third-order valence-electron chi connectivity index (χ3n) is 7.06. The third-order valence-corrected chi connectivity index (χ3v) is 7.06. The molecule has 1 atom stereocenters. The van der Waals surface area contributed by atoms with Crippen molar-refractivity contribution in [2.45, 2.75) is 49.8 Å². The Morgan fingerprint density at radius 1 is 0.808 bits per heavy atom. The van der Waals surface area contributed by atoms with E-state index in [4.69, 9.17) is 0 Å². The zero-order valence-electron chi connectivity index (χ0n) is 15.3. The van der Waals surface area contributed by atoms with Crippen LogP contribution in [0.1, 0.15) is 30.4 Å². The van der Waals surface area contributed by atoms with Gasteiger partial charge in [0, 0.05) is 31.4 Å². The van der Waals surface area contributed by atoms with E-state index in [0.717, 1.165) is 38.9 Å². The van der Waals surface area contributed by atoms with E-state index in [1.165, 1.54) is 29.7 Å². The topological polar surface area (TPSA) is 26.7 Å². The highest BCUT2D eigenvalue weighted by atomic mass is 16.3. The highest BCUT2D eigenvalue weighted by Gasteiger charge is 2.50. The number of hydrogen-bond donors (Lipinski definition) is 1. The molecular weight excluding hydrogens is 320 g/mol. The average Bonchev–Trinajstić information content (AvgIpc) is 3.25. The van der Waals surface area contributed by atoms with E-state index in [1.54, 1.807) is 0 Å². The molecule has 2 heterocycles. The van der Waals surface area contributed by atoms with E-state index in [9.17, 15) is 5.11 Å². The fourth-order valence-corrected chi connectivity index (χ4v) is 5.59. The van der Waals surface area contributed by atoms with Crippen LogP contribution in [-0.2, 0) is 12.8 Å². The molecule has 0 amide bonds.